The van der Waals surface area contributed by atoms with Crippen molar-refractivity contribution < 1.29 is 4.39 Å². The van der Waals surface area contributed by atoms with Crippen molar-refractivity contribution in [3.05, 3.63) is 42.0 Å². The fourth-order valence-electron chi connectivity index (χ4n) is 1.73. The van der Waals surface area contributed by atoms with E-state index in [1.54, 1.807) is 23.1 Å². The molecule has 0 aliphatic carbocycles. The lowest BCUT2D eigenvalue weighted by molar-refractivity contribution is 0.624. The van der Waals surface area contributed by atoms with E-state index in [0.717, 1.165) is 24.9 Å². The largest absolute Gasteiger partial charge is 0.362 e. The van der Waals surface area contributed by atoms with Gasteiger partial charge in [0.2, 0.25) is 5.95 Å². The number of halogens is 1. The molecule has 0 saturated heterocycles. The molecule has 0 saturated carbocycles. The second kappa shape index (κ2) is 7.68. The molecule has 1 aromatic carbocycles. The van der Waals surface area contributed by atoms with Crippen molar-refractivity contribution in [2.45, 2.75) is 26.3 Å². The van der Waals surface area contributed by atoms with Gasteiger partial charge in [-0.15, -0.1) is 5.10 Å². The Labute approximate surface area is 128 Å². The highest BCUT2D eigenvalue weighted by molar-refractivity contribution is 7.80. The molecule has 7 heteroatoms. The molecule has 112 valence electrons. The third-order valence-corrected chi connectivity index (χ3v) is 3.08. The van der Waals surface area contributed by atoms with Gasteiger partial charge in [-0.25, -0.2) is 14.1 Å². The van der Waals surface area contributed by atoms with Crippen LogP contribution in [0.2, 0.25) is 0 Å². The first kappa shape index (κ1) is 15.4. The number of rotatable bonds is 6. The zero-order valence-corrected chi connectivity index (χ0v) is 12.7. The third kappa shape index (κ3) is 5.11. The van der Waals surface area contributed by atoms with Crippen molar-refractivity contribution in [2.75, 3.05) is 11.9 Å². The van der Waals surface area contributed by atoms with Crippen LogP contribution in [0.3, 0.4) is 0 Å². The Morgan fingerprint density at radius 2 is 2.10 bits per heavy atom. The number of thiocarbonyl (C=S) groups is 1. The molecule has 2 N–H and O–H groups in total. The van der Waals surface area contributed by atoms with Gasteiger partial charge in [-0.05, 0) is 36.3 Å². The molecule has 5 nitrogen and oxygen atoms in total. The molecule has 0 bridgehead atoms. The van der Waals surface area contributed by atoms with Crippen LogP contribution in [0.4, 0.5) is 10.3 Å². The number of nitrogens with zero attached hydrogens (tertiary/aromatic N) is 3. The van der Waals surface area contributed by atoms with Crippen LogP contribution in [0.5, 0.6) is 0 Å². The standard InChI is InChI=1S/C14H18FN5S/c1-2-3-8-16-14(21)18-13-17-10-20(19-13)9-11-4-6-12(15)7-5-11/h4-7,10H,2-3,8-9H2,1H3,(H2,16,18,19,21). The first-order valence-electron chi connectivity index (χ1n) is 6.86. The van der Waals surface area contributed by atoms with Crippen LogP contribution < -0.4 is 10.6 Å². The lowest BCUT2D eigenvalue weighted by atomic mass is 10.2. The lowest BCUT2D eigenvalue weighted by Gasteiger charge is -2.06. The molecule has 0 fully saturated rings. The van der Waals surface area contributed by atoms with Crippen LogP contribution in [-0.2, 0) is 6.54 Å². The van der Waals surface area contributed by atoms with Gasteiger partial charge in [0, 0.05) is 6.54 Å². The second-order valence-electron chi connectivity index (χ2n) is 4.63. The Morgan fingerprint density at radius 1 is 1.33 bits per heavy atom. The lowest BCUT2D eigenvalue weighted by Crippen LogP contribution is -2.29. The summed E-state index contributed by atoms with van der Waals surface area (Å²) in [6, 6.07) is 6.30. The van der Waals surface area contributed by atoms with Crippen LogP contribution in [-0.4, -0.2) is 26.4 Å². The summed E-state index contributed by atoms with van der Waals surface area (Å²) in [5, 5.41) is 10.8. The molecule has 1 aromatic heterocycles. The number of benzene rings is 1. The molecular formula is C14H18FN5S. The van der Waals surface area contributed by atoms with Crippen LogP contribution in [0.1, 0.15) is 25.3 Å². The predicted octanol–water partition coefficient (Wildman–Crippen LogP) is 2.55. The van der Waals surface area contributed by atoms with Gasteiger partial charge in [-0.3, -0.25) is 5.32 Å². The van der Waals surface area contributed by atoms with Crippen molar-refractivity contribution in [1.29, 1.82) is 0 Å². The first-order valence-corrected chi connectivity index (χ1v) is 7.27. The summed E-state index contributed by atoms with van der Waals surface area (Å²) in [7, 11) is 0. The van der Waals surface area contributed by atoms with E-state index in [2.05, 4.69) is 27.6 Å². The van der Waals surface area contributed by atoms with Gasteiger partial charge in [0.05, 0.1) is 6.54 Å². The summed E-state index contributed by atoms with van der Waals surface area (Å²) in [6.07, 6.45) is 3.79. The van der Waals surface area contributed by atoms with Gasteiger partial charge in [-0.1, -0.05) is 25.5 Å². The topological polar surface area (TPSA) is 54.8 Å². The molecule has 2 aromatic rings. The fourth-order valence-corrected chi connectivity index (χ4v) is 1.92. The molecule has 0 unspecified atom stereocenters. The number of unbranched alkanes of at least 4 members (excludes halogenated alkanes) is 1. The summed E-state index contributed by atoms with van der Waals surface area (Å²) >= 11 is 5.15. The summed E-state index contributed by atoms with van der Waals surface area (Å²) < 4.78 is 14.5. The maximum atomic E-state index is 12.8. The van der Waals surface area contributed by atoms with Gasteiger partial charge >= 0.3 is 0 Å². The molecule has 0 atom stereocenters. The van der Waals surface area contributed by atoms with Crippen molar-refractivity contribution in [2.24, 2.45) is 0 Å². The quantitative estimate of drug-likeness (QED) is 0.634. The van der Waals surface area contributed by atoms with E-state index in [1.165, 1.54) is 12.1 Å². The summed E-state index contributed by atoms with van der Waals surface area (Å²) in [6.45, 7) is 3.49. The number of aromatic nitrogens is 3. The zero-order chi connectivity index (χ0) is 15.1. The minimum absolute atomic E-state index is 0.247. The predicted molar refractivity (Wildman–Crippen MR) is 84.7 cm³/mol. The molecule has 0 radical (unpaired) electrons. The highest BCUT2D eigenvalue weighted by Gasteiger charge is 2.03. The molecule has 1 heterocycles. The number of nitrogens with one attached hydrogen (secondary N) is 2. The van der Waals surface area contributed by atoms with E-state index >= 15 is 0 Å². The van der Waals surface area contributed by atoms with Gasteiger partial charge in [0.1, 0.15) is 12.1 Å². The Morgan fingerprint density at radius 3 is 2.81 bits per heavy atom. The fraction of sp³-hybridized carbons (Fsp3) is 0.357. The van der Waals surface area contributed by atoms with Crippen LogP contribution in [0, 0.1) is 5.82 Å². The van der Waals surface area contributed by atoms with E-state index in [4.69, 9.17) is 12.2 Å². The maximum absolute atomic E-state index is 12.8. The second-order valence-corrected chi connectivity index (χ2v) is 5.03. The minimum atomic E-state index is -0.247. The Kier molecular flexibility index (Phi) is 5.62. The number of anilines is 1. The van der Waals surface area contributed by atoms with E-state index in [9.17, 15) is 4.39 Å². The summed E-state index contributed by atoms with van der Waals surface area (Å²) in [5.74, 6) is 0.203. The molecule has 0 aliphatic rings. The van der Waals surface area contributed by atoms with E-state index < -0.39 is 0 Å². The van der Waals surface area contributed by atoms with Gasteiger partial charge in [0.25, 0.3) is 0 Å². The van der Waals surface area contributed by atoms with Crippen molar-refractivity contribution >= 4 is 23.3 Å². The van der Waals surface area contributed by atoms with E-state index in [-0.39, 0.29) is 5.82 Å². The summed E-state index contributed by atoms with van der Waals surface area (Å²) in [5.41, 5.74) is 0.955. The molecule has 0 spiro atoms. The monoisotopic (exact) mass is 307 g/mol. The van der Waals surface area contributed by atoms with E-state index in [0.29, 0.717) is 17.6 Å². The Bertz CT molecular complexity index is 581. The highest BCUT2D eigenvalue weighted by atomic mass is 32.1. The molecule has 0 amide bonds. The first-order chi connectivity index (χ1) is 10.2. The third-order valence-electron chi connectivity index (χ3n) is 2.84. The normalized spacial score (nSPS) is 10.4. The van der Waals surface area contributed by atoms with Crippen molar-refractivity contribution in [3.63, 3.8) is 0 Å². The van der Waals surface area contributed by atoms with Crippen LogP contribution in [0.25, 0.3) is 0 Å². The number of hydrogen-bond acceptors (Lipinski definition) is 3. The van der Waals surface area contributed by atoms with Gasteiger partial charge in [-0.2, -0.15) is 0 Å². The van der Waals surface area contributed by atoms with Gasteiger partial charge < -0.3 is 5.32 Å². The Balaban J connectivity index is 1.86. The maximum Gasteiger partial charge on any atom is 0.248 e. The zero-order valence-electron chi connectivity index (χ0n) is 11.8. The SMILES string of the molecule is CCCCNC(=S)Nc1ncn(Cc2ccc(F)cc2)n1. The van der Waals surface area contributed by atoms with E-state index in [1.807, 2.05) is 0 Å². The van der Waals surface area contributed by atoms with Crippen molar-refractivity contribution in [1.82, 2.24) is 20.1 Å². The molecular weight excluding hydrogens is 289 g/mol. The van der Waals surface area contributed by atoms with Crippen LogP contribution in [0.15, 0.2) is 30.6 Å². The smallest absolute Gasteiger partial charge is 0.248 e. The molecule has 0 aliphatic heterocycles. The average molecular weight is 307 g/mol. The average Bonchev–Trinajstić information content (AvgIpc) is 2.89. The van der Waals surface area contributed by atoms with Gasteiger partial charge in [0.15, 0.2) is 5.11 Å². The minimum Gasteiger partial charge on any atom is -0.362 e. The van der Waals surface area contributed by atoms with Crippen LogP contribution >= 0.6 is 12.2 Å². The van der Waals surface area contributed by atoms with Crippen molar-refractivity contribution in [3.8, 4) is 0 Å². The highest BCUT2D eigenvalue weighted by Crippen LogP contribution is 2.05. The summed E-state index contributed by atoms with van der Waals surface area (Å²) in [4.78, 5) is 4.14. The number of hydrogen-bond donors (Lipinski definition) is 2. The molecule has 2 rings (SSSR count). The Hall–Kier alpha value is -2.02. The molecule has 21 heavy (non-hydrogen) atoms.